The number of aromatic nitrogens is 1. The fraction of sp³-hybridized carbons (Fsp3) is 0.500. The molecule has 2 fully saturated rings. The average molecular weight is 408 g/mol. The summed E-state index contributed by atoms with van der Waals surface area (Å²) < 4.78 is 1.96. The molecule has 4 heterocycles. The number of nitrogens with zero attached hydrogens (tertiary/aromatic N) is 3. The van der Waals surface area contributed by atoms with Gasteiger partial charge in [-0.3, -0.25) is 14.5 Å². The molecule has 3 atom stereocenters. The van der Waals surface area contributed by atoms with Crippen molar-refractivity contribution in [3.8, 4) is 0 Å². The van der Waals surface area contributed by atoms with E-state index in [2.05, 4.69) is 11.0 Å². The number of fused-ring (bicyclic) bond motifs is 4. The van der Waals surface area contributed by atoms with Crippen LogP contribution in [0.15, 0.2) is 47.3 Å². The Kier molecular flexibility index (Phi) is 5.21. The Morgan fingerprint density at radius 3 is 2.57 bits per heavy atom. The van der Waals surface area contributed by atoms with Crippen LogP contribution in [-0.4, -0.2) is 51.6 Å². The number of pyridine rings is 1. The van der Waals surface area contributed by atoms with E-state index >= 15 is 0 Å². The molecule has 5 rings (SSSR count). The molecule has 2 aromatic rings. The molecule has 0 spiro atoms. The first-order valence-electron chi connectivity index (χ1n) is 11.1. The minimum absolute atomic E-state index is 0.137. The molecular formula is C24H29N3O3. The normalized spacial score (nSPS) is 24.5. The summed E-state index contributed by atoms with van der Waals surface area (Å²) in [5.41, 5.74) is 2.68. The summed E-state index contributed by atoms with van der Waals surface area (Å²) in [4.78, 5) is 30.3. The third kappa shape index (κ3) is 3.59. The molecule has 1 N–H and O–H groups in total. The van der Waals surface area contributed by atoms with E-state index in [0.717, 1.165) is 37.3 Å². The van der Waals surface area contributed by atoms with Crippen molar-refractivity contribution in [3.05, 3.63) is 69.6 Å². The van der Waals surface area contributed by atoms with Crippen molar-refractivity contribution in [1.29, 1.82) is 0 Å². The molecule has 3 aliphatic heterocycles. The Hall–Kier alpha value is -2.44. The number of rotatable bonds is 4. The van der Waals surface area contributed by atoms with E-state index in [1.54, 1.807) is 17.0 Å². The number of piperidine rings is 1. The first kappa shape index (κ1) is 19.5. The fourth-order valence-corrected chi connectivity index (χ4v) is 5.42. The van der Waals surface area contributed by atoms with Crippen molar-refractivity contribution in [2.75, 3.05) is 26.2 Å². The van der Waals surface area contributed by atoms with Gasteiger partial charge in [-0.2, -0.15) is 0 Å². The van der Waals surface area contributed by atoms with Crippen molar-refractivity contribution < 1.29 is 9.90 Å². The van der Waals surface area contributed by atoms with Gasteiger partial charge < -0.3 is 14.6 Å². The van der Waals surface area contributed by atoms with Crippen LogP contribution in [0, 0.1) is 5.92 Å². The van der Waals surface area contributed by atoms with Crippen LogP contribution in [0.5, 0.6) is 0 Å². The summed E-state index contributed by atoms with van der Waals surface area (Å²) in [6.45, 7) is 4.71. The Morgan fingerprint density at radius 2 is 1.80 bits per heavy atom. The fourth-order valence-electron chi connectivity index (χ4n) is 5.42. The molecule has 3 aliphatic rings. The van der Waals surface area contributed by atoms with Gasteiger partial charge in [-0.05, 0) is 49.9 Å². The van der Waals surface area contributed by atoms with Crippen LogP contribution in [0.2, 0.25) is 0 Å². The SMILES string of the molecule is O=C([C@H](O)c1ccccc1)N1C[C@@H]2C[C@H](C1)c1ccc(CN3CCCC3)c(=O)n1C2. The molecule has 0 radical (unpaired) electrons. The van der Waals surface area contributed by atoms with Gasteiger partial charge in [-0.15, -0.1) is 0 Å². The molecule has 30 heavy (non-hydrogen) atoms. The zero-order valence-electron chi connectivity index (χ0n) is 17.2. The molecule has 0 unspecified atom stereocenters. The Balaban J connectivity index is 1.35. The quantitative estimate of drug-likeness (QED) is 0.843. The summed E-state index contributed by atoms with van der Waals surface area (Å²) >= 11 is 0. The predicted octanol–water partition coefficient (Wildman–Crippen LogP) is 2.12. The third-order valence-electron chi connectivity index (χ3n) is 6.94. The summed E-state index contributed by atoms with van der Waals surface area (Å²) in [6.07, 6.45) is 2.30. The summed E-state index contributed by atoms with van der Waals surface area (Å²) in [5.74, 6) is 0.165. The van der Waals surface area contributed by atoms with Crippen LogP contribution in [0.1, 0.15) is 48.1 Å². The van der Waals surface area contributed by atoms with Crippen molar-refractivity contribution in [1.82, 2.24) is 14.4 Å². The molecule has 158 valence electrons. The van der Waals surface area contributed by atoms with Gasteiger partial charge in [-0.25, -0.2) is 0 Å². The lowest BCUT2D eigenvalue weighted by molar-refractivity contribution is -0.143. The maximum absolute atomic E-state index is 13.2. The second-order valence-corrected chi connectivity index (χ2v) is 9.04. The van der Waals surface area contributed by atoms with Gasteiger partial charge in [0.15, 0.2) is 6.10 Å². The van der Waals surface area contributed by atoms with E-state index in [0.29, 0.717) is 25.2 Å². The standard InChI is InChI=1S/C24H29N3O3/c28-22(18-6-2-1-3-7-18)24(30)26-13-17-12-20(16-26)21-9-8-19(23(29)27(21)14-17)15-25-10-4-5-11-25/h1-3,6-9,17,20,22,28H,4-5,10-16H2/t17-,20+,22+/m0/s1. The first-order chi connectivity index (χ1) is 14.6. The lowest BCUT2D eigenvalue weighted by Crippen LogP contribution is -2.50. The zero-order chi connectivity index (χ0) is 20.7. The van der Waals surface area contributed by atoms with Crippen LogP contribution in [0.25, 0.3) is 0 Å². The maximum atomic E-state index is 13.2. The Bertz CT molecular complexity index is 981. The molecule has 1 aromatic carbocycles. The van der Waals surface area contributed by atoms with Crippen molar-refractivity contribution >= 4 is 5.91 Å². The monoisotopic (exact) mass is 407 g/mol. The van der Waals surface area contributed by atoms with E-state index in [1.807, 2.05) is 28.8 Å². The largest absolute Gasteiger partial charge is 0.378 e. The highest BCUT2D eigenvalue weighted by molar-refractivity contribution is 5.82. The van der Waals surface area contributed by atoms with E-state index in [4.69, 9.17) is 0 Å². The number of carbonyl (C=O) groups excluding carboxylic acids is 1. The van der Waals surface area contributed by atoms with Crippen LogP contribution in [0.3, 0.4) is 0 Å². The number of carbonyl (C=O) groups is 1. The molecule has 2 saturated heterocycles. The number of aliphatic hydroxyl groups excluding tert-OH is 1. The Labute approximate surface area is 176 Å². The number of amides is 1. The maximum Gasteiger partial charge on any atom is 0.256 e. The highest BCUT2D eigenvalue weighted by Gasteiger charge is 2.38. The van der Waals surface area contributed by atoms with Gasteiger partial charge in [0.25, 0.3) is 11.5 Å². The Morgan fingerprint density at radius 1 is 1.03 bits per heavy atom. The molecule has 6 heteroatoms. The number of hydrogen-bond donors (Lipinski definition) is 1. The molecule has 0 aliphatic carbocycles. The van der Waals surface area contributed by atoms with Crippen LogP contribution in [0.4, 0.5) is 0 Å². The van der Waals surface area contributed by atoms with E-state index in [-0.39, 0.29) is 23.3 Å². The summed E-state index contributed by atoms with van der Waals surface area (Å²) in [6, 6.07) is 13.2. The van der Waals surface area contributed by atoms with E-state index in [9.17, 15) is 14.7 Å². The number of likely N-dealkylation sites (tertiary alicyclic amines) is 2. The van der Waals surface area contributed by atoms with Gasteiger partial charge >= 0.3 is 0 Å². The van der Waals surface area contributed by atoms with Crippen LogP contribution >= 0.6 is 0 Å². The topological polar surface area (TPSA) is 65.8 Å². The number of benzene rings is 1. The van der Waals surface area contributed by atoms with Gasteiger partial charge in [0.2, 0.25) is 0 Å². The van der Waals surface area contributed by atoms with Gasteiger partial charge in [-0.1, -0.05) is 36.4 Å². The van der Waals surface area contributed by atoms with E-state index < -0.39 is 6.10 Å². The first-order valence-corrected chi connectivity index (χ1v) is 11.1. The van der Waals surface area contributed by atoms with Crippen LogP contribution in [-0.2, 0) is 17.9 Å². The summed E-state index contributed by atoms with van der Waals surface area (Å²) in [7, 11) is 0. The molecule has 0 saturated carbocycles. The average Bonchev–Trinajstić information content (AvgIpc) is 3.29. The number of hydrogen-bond acceptors (Lipinski definition) is 4. The van der Waals surface area contributed by atoms with Crippen LogP contribution < -0.4 is 5.56 Å². The lowest BCUT2D eigenvalue weighted by Gasteiger charge is -2.43. The second-order valence-electron chi connectivity index (χ2n) is 9.04. The molecular weight excluding hydrogens is 378 g/mol. The third-order valence-corrected chi connectivity index (χ3v) is 6.94. The highest BCUT2D eigenvalue weighted by Crippen LogP contribution is 2.36. The molecule has 6 nitrogen and oxygen atoms in total. The van der Waals surface area contributed by atoms with Gasteiger partial charge in [0, 0.05) is 43.4 Å². The predicted molar refractivity (Wildman–Crippen MR) is 114 cm³/mol. The minimum Gasteiger partial charge on any atom is -0.378 e. The number of aliphatic hydroxyl groups is 1. The molecule has 1 aromatic heterocycles. The minimum atomic E-state index is -1.13. The zero-order valence-corrected chi connectivity index (χ0v) is 17.2. The molecule has 1 amide bonds. The van der Waals surface area contributed by atoms with Crippen molar-refractivity contribution in [3.63, 3.8) is 0 Å². The molecule has 2 bridgehead atoms. The van der Waals surface area contributed by atoms with E-state index in [1.165, 1.54) is 12.8 Å². The smallest absolute Gasteiger partial charge is 0.256 e. The van der Waals surface area contributed by atoms with Crippen molar-refractivity contribution in [2.45, 2.75) is 44.4 Å². The van der Waals surface area contributed by atoms with Crippen molar-refractivity contribution in [2.24, 2.45) is 5.92 Å². The highest BCUT2D eigenvalue weighted by atomic mass is 16.3. The second kappa shape index (κ2) is 8.00. The summed E-state index contributed by atoms with van der Waals surface area (Å²) in [5, 5.41) is 10.6. The van der Waals surface area contributed by atoms with Gasteiger partial charge in [0.05, 0.1) is 0 Å². The lowest BCUT2D eigenvalue weighted by atomic mass is 9.82. The van der Waals surface area contributed by atoms with Gasteiger partial charge in [0.1, 0.15) is 0 Å².